The monoisotopic (exact) mass is 308 g/mol. The third kappa shape index (κ3) is 5.10. The average Bonchev–Trinajstić information content (AvgIpc) is 2.37. The van der Waals surface area contributed by atoms with Gasteiger partial charge < -0.3 is 15.4 Å². The number of amides is 1. The summed E-state index contributed by atoms with van der Waals surface area (Å²) in [6.45, 7) is 7.51. The van der Waals surface area contributed by atoms with Crippen molar-refractivity contribution in [2.45, 2.75) is 27.2 Å². The minimum absolute atomic E-state index is 0.0123. The number of nitrogens with two attached hydrogens (primary N) is 1. The van der Waals surface area contributed by atoms with Crippen molar-refractivity contribution in [1.29, 1.82) is 0 Å². The van der Waals surface area contributed by atoms with E-state index in [9.17, 15) is 4.79 Å². The van der Waals surface area contributed by atoms with E-state index >= 15 is 0 Å². The number of methoxy groups -OCH3 is 1. The highest BCUT2D eigenvalue weighted by atomic mass is 32.1. The number of rotatable bonds is 7. The first-order valence-electron chi connectivity index (χ1n) is 7.01. The molecule has 0 bridgehead atoms. The molecule has 0 aliphatic rings. The second-order valence-electron chi connectivity index (χ2n) is 5.28. The maximum absolute atomic E-state index is 12.8. The van der Waals surface area contributed by atoms with Crippen LogP contribution in [0.3, 0.4) is 0 Å². The molecular weight excluding hydrogens is 284 g/mol. The summed E-state index contributed by atoms with van der Waals surface area (Å²) in [5.74, 6) is 0.0123. The third-order valence-corrected chi connectivity index (χ3v) is 3.58. The van der Waals surface area contributed by atoms with Gasteiger partial charge in [0.1, 0.15) is 0 Å². The van der Waals surface area contributed by atoms with Gasteiger partial charge in [-0.05, 0) is 31.9 Å². The molecule has 0 atom stereocenters. The zero-order valence-corrected chi connectivity index (χ0v) is 14.0. The number of aryl methyl sites for hydroxylation is 3. The van der Waals surface area contributed by atoms with Gasteiger partial charge in [0, 0.05) is 32.2 Å². The summed E-state index contributed by atoms with van der Waals surface area (Å²) < 4.78 is 5.09. The van der Waals surface area contributed by atoms with Gasteiger partial charge in [-0.15, -0.1) is 0 Å². The van der Waals surface area contributed by atoms with Crippen LogP contribution in [0.5, 0.6) is 0 Å². The normalized spacial score (nSPS) is 10.5. The summed E-state index contributed by atoms with van der Waals surface area (Å²) in [6.07, 6.45) is 0.523. The molecule has 1 rings (SSSR count). The Balaban J connectivity index is 3.01. The van der Waals surface area contributed by atoms with Crippen molar-refractivity contribution in [3.63, 3.8) is 0 Å². The van der Waals surface area contributed by atoms with Crippen molar-refractivity contribution in [2.75, 3.05) is 26.8 Å². The maximum atomic E-state index is 12.8. The van der Waals surface area contributed by atoms with Crippen LogP contribution in [0.15, 0.2) is 12.1 Å². The lowest BCUT2D eigenvalue weighted by atomic mass is 9.98. The van der Waals surface area contributed by atoms with Crippen LogP contribution in [-0.2, 0) is 4.74 Å². The van der Waals surface area contributed by atoms with E-state index in [0.29, 0.717) is 31.1 Å². The smallest absolute Gasteiger partial charge is 0.254 e. The number of carbonyl (C=O) groups is 1. The Hall–Kier alpha value is -1.46. The SMILES string of the molecule is COCCN(CCC(N)=S)C(=O)c1c(C)cc(C)cc1C. The highest BCUT2D eigenvalue weighted by Gasteiger charge is 2.19. The molecule has 0 unspecified atom stereocenters. The largest absolute Gasteiger partial charge is 0.393 e. The highest BCUT2D eigenvalue weighted by Crippen LogP contribution is 2.18. The Kier molecular flexibility index (Phi) is 6.78. The van der Waals surface area contributed by atoms with Crippen molar-refractivity contribution >= 4 is 23.1 Å². The molecule has 116 valence electrons. The van der Waals surface area contributed by atoms with Crippen LogP contribution < -0.4 is 5.73 Å². The van der Waals surface area contributed by atoms with E-state index in [1.54, 1.807) is 12.0 Å². The summed E-state index contributed by atoms with van der Waals surface area (Å²) in [5.41, 5.74) is 9.47. The van der Waals surface area contributed by atoms with Crippen LogP contribution in [-0.4, -0.2) is 42.6 Å². The summed E-state index contributed by atoms with van der Waals surface area (Å²) in [6, 6.07) is 4.06. The Morgan fingerprint density at radius 2 is 1.81 bits per heavy atom. The fraction of sp³-hybridized carbons (Fsp3) is 0.500. The molecular formula is C16H24N2O2S. The molecule has 0 aliphatic carbocycles. The summed E-state index contributed by atoms with van der Waals surface area (Å²) in [5, 5.41) is 0. The molecule has 0 saturated heterocycles. The molecule has 0 aliphatic heterocycles. The maximum Gasteiger partial charge on any atom is 0.254 e. The van der Waals surface area contributed by atoms with E-state index < -0.39 is 0 Å². The second-order valence-corrected chi connectivity index (χ2v) is 5.80. The number of carbonyl (C=O) groups excluding carboxylic acids is 1. The second kappa shape index (κ2) is 8.10. The molecule has 5 heteroatoms. The fourth-order valence-electron chi connectivity index (χ4n) is 2.44. The predicted octanol–water partition coefficient (Wildman–Crippen LogP) is 2.38. The van der Waals surface area contributed by atoms with E-state index in [4.69, 9.17) is 22.7 Å². The first kappa shape index (κ1) is 17.6. The molecule has 0 fully saturated rings. The predicted molar refractivity (Wildman–Crippen MR) is 89.8 cm³/mol. The van der Waals surface area contributed by atoms with E-state index in [1.165, 1.54) is 0 Å². The van der Waals surface area contributed by atoms with Crippen molar-refractivity contribution in [3.8, 4) is 0 Å². The van der Waals surface area contributed by atoms with Gasteiger partial charge in [-0.2, -0.15) is 0 Å². The summed E-state index contributed by atoms with van der Waals surface area (Å²) in [7, 11) is 1.62. The number of benzene rings is 1. The molecule has 0 spiro atoms. The van der Waals surface area contributed by atoms with Crippen LogP contribution in [0, 0.1) is 20.8 Å². The Labute approximate surface area is 132 Å². The van der Waals surface area contributed by atoms with Gasteiger partial charge in [0.15, 0.2) is 0 Å². The molecule has 2 N–H and O–H groups in total. The molecule has 1 aromatic rings. The molecule has 1 aromatic carbocycles. The van der Waals surface area contributed by atoms with E-state index in [-0.39, 0.29) is 5.91 Å². The molecule has 0 heterocycles. The molecule has 0 saturated carbocycles. The standard InChI is InChI=1S/C16H24N2O2S/c1-11-9-12(2)15(13(3)10-11)16(19)18(7-8-20-4)6-5-14(17)21/h9-10H,5-8H2,1-4H3,(H2,17,21). The van der Waals surface area contributed by atoms with Crippen LogP contribution in [0.4, 0.5) is 0 Å². The first-order valence-corrected chi connectivity index (χ1v) is 7.42. The number of hydrogen-bond donors (Lipinski definition) is 1. The number of ether oxygens (including phenoxy) is 1. The number of hydrogen-bond acceptors (Lipinski definition) is 3. The van der Waals surface area contributed by atoms with Crippen LogP contribution in [0.25, 0.3) is 0 Å². The third-order valence-electron chi connectivity index (χ3n) is 3.37. The van der Waals surface area contributed by atoms with Crippen molar-refractivity contribution < 1.29 is 9.53 Å². The van der Waals surface area contributed by atoms with Crippen molar-refractivity contribution in [2.24, 2.45) is 5.73 Å². The van der Waals surface area contributed by atoms with E-state index in [2.05, 4.69) is 0 Å². The molecule has 0 radical (unpaired) electrons. The lowest BCUT2D eigenvalue weighted by molar-refractivity contribution is 0.0700. The van der Waals surface area contributed by atoms with Crippen LogP contribution in [0.1, 0.15) is 33.5 Å². The van der Waals surface area contributed by atoms with Gasteiger partial charge in [-0.1, -0.05) is 29.9 Å². The molecule has 4 nitrogen and oxygen atoms in total. The van der Waals surface area contributed by atoms with Gasteiger partial charge in [0.2, 0.25) is 0 Å². The minimum Gasteiger partial charge on any atom is -0.393 e. The van der Waals surface area contributed by atoms with Crippen molar-refractivity contribution in [3.05, 3.63) is 34.4 Å². The Morgan fingerprint density at radius 3 is 2.29 bits per heavy atom. The first-order chi connectivity index (χ1) is 9.86. The zero-order valence-electron chi connectivity index (χ0n) is 13.2. The zero-order chi connectivity index (χ0) is 16.0. The molecule has 1 amide bonds. The Morgan fingerprint density at radius 1 is 1.24 bits per heavy atom. The lowest BCUT2D eigenvalue weighted by Crippen LogP contribution is -2.37. The van der Waals surface area contributed by atoms with E-state index in [1.807, 2.05) is 32.9 Å². The number of thiocarbonyl (C=S) groups is 1. The van der Waals surface area contributed by atoms with Gasteiger partial charge in [0.25, 0.3) is 5.91 Å². The lowest BCUT2D eigenvalue weighted by Gasteiger charge is -2.24. The quantitative estimate of drug-likeness (QED) is 0.786. The highest BCUT2D eigenvalue weighted by molar-refractivity contribution is 7.80. The Bertz CT molecular complexity index is 506. The van der Waals surface area contributed by atoms with Crippen LogP contribution >= 0.6 is 12.2 Å². The molecule has 0 aromatic heterocycles. The summed E-state index contributed by atoms with van der Waals surface area (Å²) >= 11 is 4.91. The van der Waals surface area contributed by atoms with Crippen LogP contribution in [0.2, 0.25) is 0 Å². The van der Waals surface area contributed by atoms with Gasteiger partial charge in [-0.25, -0.2) is 0 Å². The number of nitrogens with zero attached hydrogens (tertiary/aromatic N) is 1. The van der Waals surface area contributed by atoms with Gasteiger partial charge in [0.05, 0.1) is 11.6 Å². The fourth-order valence-corrected chi connectivity index (χ4v) is 2.53. The molecule has 21 heavy (non-hydrogen) atoms. The van der Waals surface area contributed by atoms with Gasteiger partial charge >= 0.3 is 0 Å². The van der Waals surface area contributed by atoms with Crippen molar-refractivity contribution in [1.82, 2.24) is 4.90 Å². The minimum atomic E-state index is 0.0123. The van der Waals surface area contributed by atoms with Gasteiger partial charge in [-0.3, -0.25) is 4.79 Å². The summed E-state index contributed by atoms with van der Waals surface area (Å²) in [4.78, 5) is 15.0. The topological polar surface area (TPSA) is 55.6 Å². The average molecular weight is 308 g/mol. The van der Waals surface area contributed by atoms with E-state index in [0.717, 1.165) is 22.3 Å².